The molecule has 0 radical (unpaired) electrons. The third-order valence-electron chi connectivity index (χ3n) is 3.02. The van der Waals surface area contributed by atoms with Crippen LogP contribution in [0.25, 0.3) is 0 Å². The van der Waals surface area contributed by atoms with Crippen LogP contribution in [-0.4, -0.2) is 47.7 Å². The standard InChI is InChI=1S/C11H19NO4/c1-3-8(4-2)9(13)5-12-10(14)6-16-7-11(12)15/h8-9,13H,3-7H2,1-2H3. The summed E-state index contributed by atoms with van der Waals surface area (Å²) in [7, 11) is 0. The van der Waals surface area contributed by atoms with Crippen molar-refractivity contribution in [3.05, 3.63) is 0 Å². The Labute approximate surface area is 95.4 Å². The largest absolute Gasteiger partial charge is 0.391 e. The average Bonchev–Trinajstić information content (AvgIpc) is 2.25. The van der Waals surface area contributed by atoms with E-state index in [0.29, 0.717) is 0 Å². The molecule has 1 fully saturated rings. The molecule has 0 saturated carbocycles. The zero-order valence-electron chi connectivity index (χ0n) is 9.81. The lowest BCUT2D eigenvalue weighted by Crippen LogP contribution is -2.50. The number of β-amino-alcohol motifs (C(OH)–C–C–N with tert-alkyl or cyclic N) is 1. The summed E-state index contributed by atoms with van der Waals surface area (Å²) in [6, 6.07) is 0. The number of rotatable bonds is 5. The van der Waals surface area contributed by atoms with E-state index in [-0.39, 0.29) is 37.5 Å². The Morgan fingerprint density at radius 3 is 2.19 bits per heavy atom. The van der Waals surface area contributed by atoms with Crippen LogP contribution in [0.2, 0.25) is 0 Å². The molecule has 1 atom stereocenters. The van der Waals surface area contributed by atoms with E-state index in [2.05, 4.69) is 0 Å². The number of aliphatic hydroxyl groups excluding tert-OH is 1. The van der Waals surface area contributed by atoms with Crippen LogP contribution in [0.5, 0.6) is 0 Å². The van der Waals surface area contributed by atoms with E-state index in [1.165, 1.54) is 0 Å². The van der Waals surface area contributed by atoms with E-state index in [0.717, 1.165) is 17.7 Å². The van der Waals surface area contributed by atoms with Crippen LogP contribution in [-0.2, 0) is 14.3 Å². The summed E-state index contributed by atoms with van der Waals surface area (Å²) in [5.41, 5.74) is 0. The first-order chi connectivity index (χ1) is 7.60. The molecule has 5 heteroatoms. The first kappa shape index (κ1) is 13.1. The Hall–Kier alpha value is -0.940. The molecular formula is C11H19NO4. The molecule has 1 heterocycles. The molecule has 0 aromatic heterocycles. The molecule has 0 aromatic carbocycles. The number of aliphatic hydroxyl groups is 1. The fourth-order valence-corrected chi connectivity index (χ4v) is 1.89. The van der Waals surface area contributed by atoms with Crippen LogP contribution in [0.15, 0.2) is 0 Å². The number of nitrogens with zero attached hydrogens (tertiary/aromatic N) is 1. The van der Waals surface area contributed by atoms with Gasteiger partial charge in [0.15, 0.2) is 0 Å². The number of amides is 2. The first-order valence-electron chi connectivity index (χ1n) is 5.69. The van der Waals surface area contributed by atoms with Crippen molar-refractivity contribution >= 4 is 11.8 Å². The normalized spacial score (nSPS) is 19.4. The Balaban J connectivity index is 2.57. The fraction of sp³-hybridized carbons (Fsp3) is 0.818. The van der Waals surface area contributed by atoms with Gasteiger partial charge in [-0.25, -0.2) is 0 Å². The number of morpholine rings is 1. The second kappa shape index (κ2) is 5.96. The molecule has 1 N–H and O–H groups in total. The highest BCUT2D eigenvalue weighted by Crippen LogP contribution is 2.15. The van der Waals surface area contributed by atoms with Crippen LogP contribution < -0.4 is 0 Å². The fourth-order valence-electron chi connectivity index (χ4n) is 1.89. The minimum atomic E-state index is -0.638. The molecule has 0 spiro atoms. The van der Waals surface area contributed by atoms with E-state index in [4.69, 9.17) is 4.74 Å². The maximum Gasteiger partial charge on any atom is 0.255 e. The van der Waals surface area contributed by atoms with Crippen LogP contribution in [0.3, 0.4) is 0 Å². The molecule has 1 unspecified atom stereocenters. The van der Waals surface area contributed by atoms with Crippen molar-refractivity contribution in [1.29, 1.82) is 0 Å². The Bertz CT molecular complexity index is 247. The third-order valence-corrected chi connectivity index (χ3v) is 3.02. The lowest BCUT2D eigenvalue weighted by molar-refractivity contribution is -0.160. The summed E-state index contributed by atoms with van der Waals surface area (Å²) >= 11 is 0. The van der Waals surface area contributed by atoms with E-state index in [1.54, 1.807) is 0 Å². The molecule has 1 aliphatic rings. The molecule has 0 bridgehead atoms. The SMILES string of the molecule is CCC(CC)C(O)CN1C(=O)COCC1=O. The van der Waals surface area contributed by atoms with Gasteiger partial charge in [0.05, 0.1) is 12.6 Å². The van der Waals surface area contributed by atoms with Gasteiger partial charge >= 0.3 is 0 Å². The number of hydrogen-bond acceptors (Lipinski definition) is 4. The number of imide groups is 1. The minimum absolute atomic E-state index is 0.0681. The molecule has 5 nitrogen and oxygen atoms in total. The summed E-state index contributed by atoms with van der Waals surface area (Å²) in [6.45, 7) is 3.93. The van der Waals surface area contributed by atoms with E-state index < -0.39 is 6.10 Å². The Morgan fingerprint density at radius 1 is 1.25 bits per heavy atom. The van der Waals surface area contributed by atoms with Gasteiger partial charge in [0.1, 0.15) is 13.2 Å². The number of carbonyl (C=O) groups excluding carboxylic acids is 2. The van der Waals surface area contributed by atoms with Crippen molar-refractivity contribution in [3.63, 3.8) is 0 Å². The number of ether oxygens (including phenoxy) is 1. The molecule has 1 saturated heterocycles. The van der Waals surface area contributed by atoms with Crippen molar-refractivity contribution in [3.8, 4) is 0 Å². The molecular weight excluding hydrogens is 210 g/mol. The summed E-state index contributed by atoms with van der Waals surface area (Å²) in [5.74, 6) is -0.592. The maximum atomic E-state index is 11.4. The van der Waals surface area contributed by atoms with E-state index in [1.807, 2.05) is 13.8 Å². The van der Waals surface area contributed by atoms with Crippen LogP contribution in [0.1, 0.15) is 26.7 Å². The second-order valence-electron chi connectivity index (χ2n) is 4.03. The quantitative estimate of drug-likeness (QED) is 0.682. The average molecular weight is 229 g/mol. The zero-order chi connectivity index (χ0) is 12.1. The molecule has 2 amide bonds. The van der Waals surface area contributed by atoms with Gasteiger partial charge in [-0.05, 0) is 5.92 Å². The van der Waals surface area contributed by atoms with Gasteiger partial charge in [0.25, 0.3) is 11.8 Å². The molecule has 1 aliphatic heterocycles. The summed E-state index contributed by atoms with van der Waals surface area (Å²) in [6.07, 6.45) is 1.04. The lowest BCUT2D eigenvalue weighted by Gasteiger charge is -2.29. The molecule has 1 rings (SSSR count). The van der Waals surface area contributed by atoms with Crippen LogP contribution in [0, 0.1) is 5.92 Å². The lowest BCUT2D eigenvalue weighted by atomic mass is 9.96. The van der Waals surface area contributed by atoms with E-state index >= 15 is 0 Å². The highest BCUT2D eigenvalue weighted by Gasteiger charge is 2.30. The van der Waals surface area contributed by atoms with Gasteiger partial charge in [0.2, 0.25) is 0 Å². The first-order valence-corrected chi connectivity index (χ1v) is 5.69. The van der Waals surface area contributed by atoms with Crippen molar-refractivity contribution in [1.82, 2.24) is 4.90 Å². The Morgan fingerprint density at radius 2 is 1.75 bits per heavy atom. The van der Waals surface area contributed by atoms with Crippen LogP contribution >= 0.6 is 0 Å². The molecule has 92 valence electrons. The van der Waals surface area contributed by atoms with Crippen molar-refractivity contribution in [2.24, 2.45) is 5.92 Å². The summed E-state index contributed by atoms with van der Waals surface area (Å²) in [5, 5.41) is 9.91. The van der Waals surface area contributed by atoms with Gasteiger partial charge in [0, 0.05) is 0 Å². The minimum Gasteiger partial charge on any atom is -0.391 e. The van der Waals surface area contributed by atoms with Gasteiger partial charge < -0.3 is 9.84 Å². The summed E-state index contributed by atoms with van der Waals surface area (Å²) < 4.78 is 4.80. The predicted octanol–water partition coefficient (Wildman–Crippen LogP) is 0.169. The molecule has 16 heavy (non-hydrogen) atoms. The Kier molecular flexibility index (Phi) is 4.89. The molecule has 0 aromatic rings. The van der Waals surface area contributed by atoms with Crippen molar-refractivity contribution in [2.75, 3.05) is 19.8 Å². The molecule has 0 aliphatic carbocycles. The third kappa shape index (κ3) is 3.02. The smallest absolute Gasteiger partial charge is 0.255 e. The van der Waals surface area contributed by atoms with Gasteiger partial charge in [-0.15, -0.1) is 0 Å². The van der Waals surface area contributed by atoms with Crippen molar-refractivity contribution in [2.45, 2.75) is 32.8 Å². The van der Waals surface area contributed by atoms with Gasteiger partial charge in [-0.3, -0.25) is 14.5 Å². The number of carbonyl (C=O) groups is 2. The zero-order valence-corrected chi connectivity index (χ0v) is 9.81. The topological polar surface area (TPSA) is 66.8 Å². The highest BCUT2D eigenvalue weighted by molar-refractivity contribution is 5.98. The second-order valence-corrected chi connectivity index (χ2v) is 4.03. The van der Waals surface area contributed by atoms with Gasteiger partial charge in [-0.2, -0.15) is 0 Å². The monoisotopic (exact) mass is 229 g/mol. The maximum absolute atomic E-state index is 11.4. The van der Waals surface area contributed by atoms with Crippen LogP contribution in [0.4, 0.5) is 0 Å². The van der Waals surface area contributed by atoms with E-state index in [9.17, 15) is 14.7 Å². The van der Waals surface area contributed by atoms with Crippen molar-refractivity contribution < 1.29 is 19.4 Å². The summed E-state index contributed by atoms with van der Waals surface area (Å²) in [4.78, 5) is 23.9. The highest BCUT2D eigenvalue weighted by atomic mass is 16.5. The predicted molar refractivity (Wildman–Crippen MR) is 57.6 cm³/mol. The number of hydrogen-bond donors (Lipinski definition) is 1. The van der Waals surface area contributed by atoms with Gasteiger partial charge in [-0.1, -0.05) is 26.7 Å².